The molecule has 0 heterocycles. The van der Waals surface area contributed by atoms with Crippen molar-refractivity contribution in [2.45, 2.75) is 45.6 Å². The number of nitrogens with zero attached hydrogens (tertiary/aromatic N) is 1. The molecule has 0 saturated heterocycles. The summed E-state index contributed by atoms with van der Waals surface area (Å²) in [4.78, 5) is 25.5. The highest BCUT2D eigenvalue weighted by atomic mass is 19.1. The quantitative estimate of drug-likeness (QED) is 0.369. The van der Waals surface area contributed by atoms with Gasteiger partial charge in [0.2, 0.25) is 0 Å². The van der Waals surface area contributed by atoms with Crippen LogP contribution in [-0.4, -0.2) is 54.4 Å². The van der Waals surface area contributed by atoms with E-state index in [9.17, 15) is 23.5 Å². The van der Waals surface area contributed by atoms with Crippen LogP contribution in [0, 0.1) is 11.6 Å². The van der Waals surface area contributed by atoms with Gasteiger partial charge in [-0.3, -0.25) is 0 Å². The standard InChI is InChI=1S/C25H32F2N2O5/c1-3-5-6-13-29(25(32)28-22-12-9-19(26)17-21(22)27)14-15-34-20-10-7-18(8-11-20)16-23(24(30)31)33-4-2/h7-12,17,23H,3-6,13-16H2,1-2H3,(H,28,32)(H,30,31). The Labute approximate surface area is 198 Å². The molecule has 2 aromatic carbocycles. The Morgan fingerprint density at radius 3 is 2.41 bits per heavy atom. The van der Waals surface area contributed by atoms with Gasteiger partial charge in [-0.2, -0.15) is 0 Å². The second kappa shape index (κ2) is 14.1. The topological polar surface area (TPSA) is 88.1 Å². The number of hydrogen-bond acceptors (Lipinski definition) is 4. The maximum atomic E-state index is 13.9. The minimum absolute atomic E-state index is 0.0879. The first-order chi connectivity index (χ1) is 16.3. The van der Waals surface area contributed by atoms with Gasteiger partial charge in [-0.15, -0.1) is 0 Å². The van der Waals surface area contributed by atoms with Crippen LogP contribution in [0.5, 0.6) is 5.75 Å². The lowest BCUT2D eigenvalue weighted by atomic mass is 10.1. The number of urea groups is 1. The molecular formula is C25H32F2N2O5. The monoisotopic (exact) mass is 478 g/mol. The molecule has 0 aliphatic carbocycles. The van der Waals surface area contributed by atoms with Gasteiger partial charge in [0.05, 0.1) is 12.2 Å². The highest BCUT2D eigenvalue weighted by Crippen LogP contribution is 2.17. The Morgan fingerprint density at radius 1 is 1.06 bits per heavy atom. The first-order valence-electron chi connectivity index (χ1n) is 11.4. The van der Waals surface area contributed by atoms with Crippen LogP contribution in [0.4, 0.5) is 19.3 Å². The highest BCUT2D eigenvalue weighted by Gasteiger charge is 2.18. The van der Waals surface area contributed by atoms with Gasteiger partial charge in [0.25, 0.3) is 0 Å². The molecule has 186 valence electrons. The summed E-state index contributed by atoms with van der Waals surface area (Å²) in [5, 5.41) is 11.7. The van der Waals surface area contributed by atoms with E-state index in [0.717, 1.165) is 37.0 Å². The number of halogens is 2. The number of nitrogens with one attached hydrogen (secondary N) is 1. The summed E-state index contributed by atoms with van der Waals surface area (Å²) in [6, 6.07) is 9.50. The molecule has 0 aliphatic rings. The van der Waals surface area contributed by atoms with E-state index in [4.69, 9.17) is 9.47 Å². The Morgan fingerprint density at radius 2 is 1.79 bits per heavy atom. The molecule has 1 unspecified atom stereocenters. The van der Waals surface area contributed by atoms with E-state index < -0.39 is 29.7 Å². The molecule has 0 saturated carbocycles. The normalized spacial score (nSPS) is 11.6. The number of carbonyl (C=O) groups is 2. The van der Waals surface area contributed by atoms with E-state index in [1.807, 2.05) is 0 Å². The Bertz CT molecular complexity index is 924. The largest absolute Gasteiger partial charge is 0.492 e. The zero-order chi connectivity index (χ0) is 24.9. The summed E-state index contributed by atoms with van der Waals surface area (Å²) < 4.78 is 38.0. The van der Waals surface area contributed by atoms with E-state index in [1.54, 1.807) is 31.2 Å². The molecule has 0 aromatic heterocycles. The number of aliphatic carboxylic acids is 1. The number of benzene rings is 2. The maximum absolute atomic E-state index is 13.9. The van der Waals surface area contributed by atoms with Crippen LogP contribution < -0.4 is 10.1 Å². The number of amides is 2. The van der Waals surface area contributed by atoms with E-state index in [0.29, 0.717) is 18.9 Å². The average Bonchev–Trinajstić information content (AvgIpc) is 2.80. The molecule has 2 N–H and O–H groups in total. The molecule has 0 aliphatic heterocycles. The second-order valence-electron chi connectivity index (χ2n) is 7.73. The minimum atomic E-state index is -1.01. The predicted octanol–water partition coefficient (Wildman–Crippen LogP) is 5.10. The van der Waals surface area contributed by atoms with E-state index in [2.05, 4.69) is 12.2 Å². The fourth-order valence-corrected chi connectivity index (χ4v) is 3.28. The van der Waals surface area contributed by atoms with Crippen molar-refractivity contribution >= 4 is 17.7 Å². The molecule has 2 amide bonds. The molecule has 9 heteroatoms. The third-order valence-corrected chi connectivity index (χ3v) is 5.11. The Hall–Kier alpha value is -3.20. The second-order valence-corrected chi connectivity index (χ2v) is 7.73. The first kappa shape index (κ1) is 27.0. The fourth-order valence-electron chi connectivity index (χ4n) is 3.28. The van der Waals surface area contributed by atoms with Gasteiger partial charge < -0.3 is 24.8 Å². The number of unbranched alkanes of at least 4 members (excludes halogenated alkanes) is 2. The van der Waals surface area contributed by atoms with E-state index >= 15 is 0 Å². The van der Waals surface area contributed by atoms with Crippen LogP contribution in [0.1, 0.15) is 38.7 Å². The summed E-state index contributed by atoms with van der Waals surface area (Å²) >= 11 is 0. The zero-order valence-electron chi connectivity index (χ0n) is 19.6. The highest BCUT2D eigenvalue weighted by molar-refractivity contribution is 5.89. The SMILES string of the molecule is CCCCCN(CCOc1ccc(CC(OCC)C(=O)O)cc1)C(=O)Nc1ccc(F)cc1F. The van der Waals surface area contributed by atoms with Crippen LogP contribution in [0.3, 0.4) is 0 Å². The number of rotatable bonds is 14. The van der Waals surface area contributed by atoms with Crippen molar-refractivity contribution in [3.63, 3.8) is 0 Å². The van der Waals surface area contributed by atoms with E-state index in [1.165, 1.54) is 11.0 Å². The average molecular weight is 479 g/mol. The van der Waals surface area contributed by atoms with Gasteiger partial charge in [0.15, 0.2) is 6.10 Å². The van der Waals surface area contributed by atoms with Crippen molar-refractivity contribution in [1.29, 1.82) is 0 Å². The van der Waals surface area contributed by atoms with Gasteiger partial charge in [-0.1, -0.05) is 31.9 Å². The summed E-state index contributed by atoms with van der Waals surface area (Å²) in [6.07, 6.45) is 2.05. The molecular weight excluding hydrogens is 446 g/mol. The van der Waals surface area contributed by atoms with Crippen LogP contribution in [0.2, 0.25) is 0 Å². The molecule has 0 fully saturated rings. The molecule has 2 aromatic rings. The molecule has 1 atom stereocenters. The lowest BCUT2D eigenvalue weighted by Gasteiger charge is -2.23. The van der Waals surface area contributed by atoms with Gasteiger partial charge in [-0.05, 0) is 43.2 Å². The summed E-state index contributed by atoms with van der Waals surface area (Å²) in [5.74, 6) is -1.99. The van der Waals surface area contributed by atoms with Crippen LogP contribution in [-0.2, 0) is 16.0 Å². The number of anilines is 1. The van der Waals surface area contributed by atoms with Gasteiger partial charge in [0, 0.05) is 25.6 Å². The lowest BCUT2D eigenvalue weighted by molar-refractivity contribution is -0.149. The number of carboxylic acid groups (broad SMARTS) is 1. The third kappa shape index (κ3) is 8.97. The van der Waals surface area contributed by atoms with Gasteiger partial charge in [-0.25, -0.2) is 18.4 Å². The van der Waals surface area contributed by atoms with Crippen molar-refractivity contribution in [2.75, 3.05) is 31.6 Å². The predicted molar refractivity (Wildman–Crippen MR) is 125 cm³/mol. The smallest absolute Gasteiger partial charge is 0.333 e. The summed E-state index contributed by atoms with van der Waals surface area (Å²) in [5.41, 5.74) is 0.713. The fraction of sp³-hybridized carbons (Fsp3) is 0.440. The van der Waals surface area contributed by atoms with Crippen molar-refractivity contribution in [2.24, 2.45) is 0 Å². The maximum Gasteiger partial charge on any atom is 0.333 e. The van der Waals surface area contributed by atoms with Crippen LogP contribution in [0.25, 0.3) is 0 Å². The minimum Gasteiger partial charge on any atom is -0.492 e. The Kier molecular flexibility index (Phi) is 11.3. The Balaban J connectivity index is 1.92. The van der Waals surface area contributed by atoms with Crippen molar-refractivity contribution in [3.8, 4) is 5.75 Å². The van der Waals surface area contributed by atoms with Gasteiger partial charge >= 0.3 is 12.0 Å². The molecule has 7 nitrogen and oxygen atoms in total. The molecule has 0 radical (unpaired) electrons. The van der Waals surface area contributed by atoms with Crippen molar-refractivity contribution in [3.05, 3.63) is 59.7 Å². The first-order valence-corrected chi connectivity index (χ1v) is 11.4. The summed E-state index contributed by atoms with van der Waals surface area (Å²) in [6.45, 7) is 5.06. The van der Waals surface area contributed by atoms with Crippen molar-refractivity contribution < 1.29 is 33.0 Å². The van der Waals surface area contributed by atoms with Crippen molar-refractivity contribution in [1.82, 2.24) is 4.90 Å². The van der Waals surface area contributed by atoms with Crippen LogP contribution >= 0.6 is 0 Å². The zero-order valence-corrected chi connectivity index (χ0v) is 19.6. The molecule has 0 spiro atoms. The lowest BCUT2D eigenvalue weighted by Crippen LogP contribution is -2.38. The van der Waals surface area contributed by atoms with E-state index in [-0.39, 0.29) is 25.3 Å². The number of carboxylic acids is 1. The number of ether oxygens (including phenoxy) is 2. The molecule has 0 bridgehead atoms. The van der Waals surface area contributed by atoms with Gasteiger partial charge in [0.1, 0.15) is 24.0 Å². The molecule has 34 heavy (non-hydrogen) atoms. The summed E-state index contributed by atoms with van der Waals surface area (Å²) in [7, 11) is 0. The molecule has 2 rings (SSSR count). The van der Waals surface area contributed by atoms with Crippen LogP contribution in [0.15, 0.2) is 42.5 Å². The number of carbonyl (C=O) groups excluding carboxylic acids is 1. The third-order valence-electron chi connectivity index (χ3n) is 5.11. The number of hydrogen-bond donors (Lipinski definition) is 2.